The summed E-state index contributed by atoms with van der Waals surface area (Å²) in [6, 6.07) is 7.52. The summed E-state index contributed by atoms with van der Waals surface area (Å²) in [4.78, 5) is -1.62. The number of nitrogens with zero attached hydrogens (tertiary/aromatic N) is 2. The molecule has 0 radical (unpaired) electrons. The smallest absolute Gasteiger partial charge is 0.744 e. The zero-order valence-electron chi connectivity index (χ0n) is 18.1. The normalized spacial score (nSPS) is 11.9. The first-order chi connectivity index (χ1) is 13.8. The molecule has 158 valence electrons. The van der Waals surface area contributed by atoms with Crippen molar-refractivity contribution in [1.29, 1.82) is 0 Å². The Morgan fingerprint density at radius 1 is 0.781 bits per heavy atom. The predicted octanol–water partition coefficient (Wildman–Crippen LogP) is -2.30. The number of azo groups is 1. The van der Waals surface area contributed by atoms with Gasteiger partial charge in [0, 0.05) is 5.39 Å². The molecule has 0 aromatic heterocycles. The molecule has 0 aliphatic carbocycles. The van der Waals surface area contributed by atoms with Gasteiger partial charge in [0.25, 0.3) is 0 Å². The molecule has 0 saturated carbocycles. The maximum absolute atomic E-state index is 11.6. The Morgan fingerprint density at radius 3 is 1.94 bits per heavy atom. The molecule has 0 saturated heterocycles. The van der Waals surface area contributed by atoms with Crippen LogP contribution >= 0.6 is 0 Å². The van der Waals surface area contributed by atoms with Gasteiger partial charge in [0.05, 0.1) is 15.5 Å². The number of aryl methyl sites for hydroxylation is 3. The van der Waals surface area contributed by atoms with E-state index in [9.17, 15) is 31.0 Å². The summed E-state index contributed by atoms with van der Waals surface area (Å²) < 4.78 is 68.6. The molecule has 32 heavy (non-hydrogen) atoms. The first-order valence-electron chi connectivity index (χ1n) is 8.50. The van der Waals surface area contributed by atoms with Gasteiger partial charge in [0.15, 0.2) is 5.75 Å². The van der Waals surface area contributed by atoms with Crippen LogP contribution in [-0.4, -0.2) is 31.0 Å². The SMILES string of the molecule is Cc1cc(C)c(/N=N/c2c(O)c(S(=O)(=O)[O-])cc3cc(S(=O)(=O)[O-])ccc23)cc1C.[Na+].[Na+]. The summed E-state index contributed by atoms with van der Waals surface area (Å²) in [6.45, 7) is 5.59. The fourth-order valence-corrected chi connectivity index (χ4v) is 4.04. The van der Waals surface area contributed by atoms with Crippen LogP contribution in [-0.2, 0) is 20.2 Å². The monoisotopic (exact) mass is 494 g/mol. The average molecular weight is 494 g/mol. The molecule has 0 atom stereocenters. The molecule has 13 heteroatoms. The molecule has 0 unspecified atom stereocenters. The predicted molar refractivity (Wildman–Crippen MR) is 106 cm³/mol. The van der Waals surface area contributed by atoms with E-state index in [1.165, 1.54) is 6.07 Å². The van der Waals surface area contributed by atoms with E-state index in [1.54, 1.807) is 13.0 Å². The van der Waals surface area contributed by atoms with Crippen molar-refractivity contribution in [1.82, 2.24) is 0 Å². The average Bonchev–Trinajstić information content (AvgIpc) is 2.62. The van der Waals surface area contributed by atoms with Crippen molar-refractivity contribution in [2.24, 2.45) is 10.2 Å². The Balaban J connectivity index is 0.00000256. The van der Waals surface area contributed by atoms with Crippen LogP contribution in [0.5, 0.6) is 5.75 Å². The molecule has 0 fully saturated rings. The molecule has 3 rings (SSSR count). The number of phenolic OH excluding ortho intramolecular Hbond substituents is 1. The minimum Gasteiger partial charge on any atom is -0.744 e. The number of hydrogen-bond donors (Lipinski definition) is 1. The van der Waals surface area contributed by atoms with Crippen LogP contribution in [0.4, 0.5) is 11.4 Å². The van der Waals surface area contributed by atoms with Crippen LogP contribution in [0.1, 0.15) is 16.7 Å². The fourth-order valence-electron chi connectivity index (χ4n) is 2.93. The Morgan fingerprint density at radius 2 is 1.38 bits per heavy atom. The van der Waals surface area contributed by atoms with Crippen molar-refractivity contribution in [3.63, 3.8) is 0 Å². The maximum Gasteiger partial charge on any atom is 1.00 e. The van der Waals surface area contributed by atoms with Gasteiger partial charge in [-0.1, -0.05) is 12.1 Å². The largest absolute Gasteiger partial charge is 1.00 e. The van der Waals surface area contributed by atoms with Crippen LogP contribution in [0.25, 0.3) is 10.8 Å². The molecule has 0 bridgehead atoms. The summed E-state index contributed by atoms with van der Waals surface area (Å²) in [6.07, 6.45) is 0. The van der Waals surface area contributed by atoms with Crippen LogP contribution in [0, 0.1) is 20.8 Å². The summed E-state index contributed by atoms with van der Waals surface area (Å²) in [5.41, 5.74) is 2.86. The zero-order chi connectivity index (χ0) is 22.4. The van der Waals surface area contributed by atoms with Gasteiger partial charge in [-0.05, 0) is 67.1 Å². The third-order valence-electron chi connectivity index (χ3n) is 4.65. The van der Waals surface area contributed by atoms with Crippen molar-refractivity contribution in [3.8, 4) is 5.75 Å². The van der Waals surface area contributed by atoms with Crippen molar-refractivity contribution in [2.45, 2.75) is 30.6 Å². The van der Waals surface area contributed by atoms with E-state index in [2.05, 4.69) is 10.2 Å². The first-order valence-corrected chi connectivity index (χ1v) is 11.3. The van der Waals surface area contributed by atoms with E-state index in [4.69, 9.17) is 0 Å². The van der Waals surface area contributed by atoms with Crippen molar-refractivity contribution >= 4 is 42.4 Å². The second kappa shape index (κ2) is 10.6. The minimum absolute atomic E-state index is 0. The van der Waals surface area contributed by atoms with Crippen LogP contribution < -0.4 is 59.1 Å². The van der Waals surface area contributed by atoms with E-state index in [0.29, 0.717) is 5.69 Å². The first kappa shape index (κ1) is 29.2. The van der Waals surface area contributed by atoms with Gasteiger partial charge in [-0.3, -0.25) is 0 Å². The topological polar surface area (TPSA) is 159 Å². The van der Waals surface area contributed by atoms with Crippen molar-refractivity contribution in [2.75, 3.05) is 0 Å². The molecule has 0 amide bonds. The molecular formula is C19H16N2Na2O7S2. The van der Waals surface area contributed by atoms with Crippen molar-refractivity contribution in [3.05, 3.63) is 53.1 Å². The number of aromatic hydroxyl groups is 1. The Bertz CT molecular complexity index is 1440. The van der Waals surface area contributed by atoms with Gasteiger partial charge < -0.3 is 14.2 Å². The Hall–Kier alpha value is -0.860. The third kappa shape index (κ3) is 6.17. The van der Waals surface area contributed by atoms with E-state index in [0.717, 1.165) is 34.9 Å². The number of fused-ring (bicyclic) bond motifs is 1. The standard InChI is InChI=1S/C19H18N2O7S2.2Na/c1-10-6-12(3)16(7-11(10)2)20-21-18-15-5-4-14(29(23,24)25)8-13(15)9-17(19(18)22)30(26,27)28;;/h4-9,22H,1-3H3,(H,23,24,25)(H,26,27,28);;/q;2*+1/p-2/b21-20+;;. The van der Waals surface area contributed by atoms with Crippen molar-refractivity contribution < 1.29 is 90.2 Å². The summed E-state index contributed by atoms with van der Waals surface area (Å²) in [5, 5.41) is 18.4. The van der Waals surface area contributed by atoms with Gasteiger partial charge in [-0.2, -0.15) is 5.11 Å². The Labute approximate surface area is 230 Å². The summed E-state index contributed by atoms with van der Waals surface area (Å²) >= 11 is 0. The Kier molecular flexibility index (Phi) is 9.66. The van der Waals surface area contributed by atoms with E-state index < -0.39 is 35.8 Å². The summed E-state index contributed by atoms with van der Waals surface area (Å²) in [7, 11) is -9.96. The number of phenols is 1. The molecule has 3 aromatic carbocycles. The second-order valence-electron chi connectivity index (χ2n) is 6.79. The van der Waals surface area contributed by atoms with E-state index in [-0.39, 0.29) is 75.6 Å². The van der Waals surface area contributed by atoms with Crippen LogP contribution in [0.2, 0.25) is 0 Å². The quantitative estimate of drug-likeness (QED) is 0.243. The molecule has 1 N–H and O–H groups in total. The van der Waals surface area contributed by atoms with Crippen LogP contribution in [0.3, 0.4) is 0 Å². The molecular weight excluding hydrogens is 478 g/mol. The molecule has 0 heterocycles. The summed E-state index contributed by atoms with van der Waals surface area (Å²) in [5.74, 6) is -0.916. The van der Waals surface area contributed by atoms with Gasteiger partial charge >= 0.3 is 59.1 Å². The number of benzene rings is 3. The maximum atomic E-state index is 11.6. The van der Waals surface area contributed by atoms with E-state index >= 15 is 0 Å². The molecule has 9 nitrogen and oxygen atoms in total. The van der Waals surface area contributed by atoms with Crippen LogP contribution in [0.15, 0.2) is 56.4 Å². The van der Waals surface area contributed by atoms with Gasteiger partial charge in [0.1, 0.15) is 25.9 Å². The molecule has 3 aromatic rings. The van der Waals surface area contributed by atoms with Gasteiger partial charge in [0.2, 0.25) is 0 Å². The zero-order valence-corrected chi connectivity index (χ0v) is 23.7. The fraction of sp³-hybridized carbons (Fsp3) is 0.158. The second-order valence-corrected chi connectivity index (χ2v) is 9.51. The molecule has 0 aliphatic rings. The van der Waals surface area contributed by atoms with E-state index in [1.807, 2.05) is 19.9 Å². The van der Waals surface area contributed by atoms with Gasteiger partial charge in [-0.15, -0.1) is 5.11 Å². The molecule has 0 aliphatic heterocycles. The molecule has 0 spiro atoms. The van der Waals surface area contributed by atoms with Gasteiger partial charge in [-0.25, -0.2) is 16.8 Å². The number of hydrogen-bond acceptors (Lipinski definition) is 9. The third-order valence-corrected chi connectivity index (χ3v) is 6.33. The minimum atomic E-state index is -5.13. The number of rotatable bonds is 4.